The van der Waals surface area contributed by atoms with E-state index < -0.39 is 0 Å². The van der Waals surface area contributed by atoms with Gasteiger partial charge in [-0.1, -0.05) is 30.3 Å². The molecule has 104 valence electrons. The van der Waals surface area contributed by atoms with Crippen molar-refractivity contribution in [3.05, 3.63) is 35.9 Å². The first kappa shape index (κ1) is 13.9. The van der Waals surface area contributed by atoms with Gasteiger partial charge in [-0.2, -0.15) is 0 Å². The quantitative estimate of drug-likeness (QED) is 0.838. The Kier molecular flexibility index (Phi) is 5.21. The van der Waals surface area contributed by atoms with Gasteiger partial charge in [0.25, 0.3) is 0 Å². The Morgan fingerprint density at radius 1 is 1.26 bits per heavy atom. The van der Waals surface area contributed by atoms with Crippen molar-refractivity contribution in [2.45, 2.75) is 32.5 Å². The molecule has 0 unspecified atom stereocenters. The van der Waals surface area contributed by atoms with E-state index in [1.807, 2.05) is 25.1 Å². The van der Waals surface area contributed by atoms with E-state index in [2.05, 4.69) is 12.1 Å². The van der Waals surface area contributed by atoms with E-state index >= 15 is 0 Å². The Morgan fingerprint density at radius 2 is 1.95 bits per heavy atom. The number of hydrogen-bond acceptors (Lipinski definition) is 3. The molecule has 1 heterocycles. The average molecular weight is 263 g/mol. The van der Waals surface area contributed by atoms with Crippen LogP contribution in [0.25, 0.3) is 0 Å². The number of likely N-dealkylation sites (tertiary alicyclic amines) is 1. The number of carbonyl (C=O) groups is 1. The van der Waals surface area contributed by atoms with Crippen molar-refractivity contribution < 1.29 is 14.3 Å². The summed E-state index contributed by atoms with van der Waals surface area (Å²) in [5, 5.41) is 0. The van der Waals surface area contributed by atoms with Gasteiger partial charge in [0.05, 0.1) is 19.3 Å². The highest BCUT2D eigenvalue weighted by Crippen LogP contribution is 2.16. The SMILES string of the molecule is CCOC(=O)N1CCC(OCc2ccccc2)CC1. The van der Waals surface area contributed by atoms with Crippen LogP contribution in [0.4, 0.5) is 4.79 Å². The predicted octanol–water partition coefficient (Wildman–Crippen LogP) is 2.82. The maximum atomic E-state index is 11.5. The van der Waals surface area contributed by atoms with E-state index in [1.165, 1.54) is 5.56 Å². The summed E-state index contributed by atoms with van der Waals surface area (Å²) < 4.78 is 10.9. The summed E-state index contributed by atoms with van der Waals surface area (Å²) in [5.74, 6) is 0. The van der Waals surface area contributed by atoms with Gasteiger partial charge in [0.15, 0.2) is 0 Å². The van der Waals surface area contributed by atoms with Crippen LogP contribution in [0.3, 0.4) is 0 Å². The molecule has 2 rings (SSSR count). The molecular formula is C15H21NO3. The molecule has 1 amide bonds. The fourth-order valence-corrected chi connectivity index (χ4v) is 2.21. The lowest BCUT2D eigenvalue weighted by molar-refractivity contribution is -0.00277. The van der Waals surface area contributed by atoms with Crippen molar-refractivity contribution in [1.29, 1.82) is 0 Å². The molecule has 0 saturated carbocycles. The smallest absolute Gasteiger partial charge is 0.409 e. The van der Waals surface area contributed by atoms with E-state index in [9.17, 15) is 4.79 Å². The van der Waals surface area contributed by atoms with Crippen LogP contribution in [-0.2, 0) is 16.1 Å². The van der Waals surface area contributed by atoms with Crippen LogP contribution in [0.2, 0.25) is 0 Å². The van der Waals surface area contributed by atoms with E-state index in [-0.39, 0.29) is 12.2 Å². The topological polar surface area (TPSA) is 38.8 Å². The Morgan fingerprint density at radius 3 is 2.58 bits per heavy atom. The molecule has 0 spiro atoms. The van der Waals surface area contributed by atoms with Gasteiger partial charge >= 0.3 is 6.09 Å². The third-order valence-electron chi connectivity index (χ3n) is 3.30. The van der Waals surface area contributed by atoms with Crippen LogP contribution < -0.4 is 0 Å². The number of amides is 1. The number of piperidine rings is 1. The first-order chi connectivity index (χ1) is 9.29. The highest BCUT2D eigenvalue weighted by atomic mass is 16.6. The van der Waals surface area contributed by atoms with Crippen LogP contribution in [-0.4, -0.2) is 36.8 Å². The molecule has 4 nitrogen and oxygen atoms in total. The molecule has 0 N–H and O–H groups in total. The van der Waals surface area contributed by atoms with Crippen molar-refractivity contribution in [2.24, 2.45) is 0 Å². The number of hydrogen-bond donors (Lipinski definition) is 0. The number of nitrogens with zero attached hydrogens (tertiary/aromatic N) is 1. The van der Waals surface area contributed by atoms with Crippen LogP contribution >= 0.6 is 0 Å². The molecule has 1 aliphatic rings. The monoisotopic (exact) mass is 263 g/mol. The average Bonchev–Trinajstić information content (AvgIpc) is 2.47. The van der Waals surface area contributed by atoms with E-state index in [0.717, 1.165) is 25.9 Å². The molecule has 19 heavy (non-hydrogen) atoms. The van der Waals surface area contributed by atoms with E-state index in [1.54, 1.807) is 4.90 Å². The van der Waals surface area contributed by atoms with Gasteiger partial charge in [0.1, 0.15) is 0 Å². The summed E-state index contributed by atoms with van der Waals surface area (Å²) in [5.41, 5.74) is 1.19. The Balaban J connectivity index is 1.70. The molecule has 0 bridgehead atoms. The van der Waals surface area contributed by atoms with Crippen molar-refractivity contribution in [2.75, 3.05) is 19.7 Å². The minimum absolute atomic E-state index is 0.205. The summed E-state index contributed by atoms with van der Waals surface area (Å²) in [6.45, 7) is 4.35. The fraction of sp³-hybridized carbons (Fsp3) is 0.533. The number of carbonyl (C=O) groups excluding carboxylic acids is 1. The first-order valence-corrected chi connectivity index (χ1v) is 6.87. The minimum atomic E-state index is -0.205. The van der Waals surface area contributed by atoms with E-state index in [4.69, 9.17) is 9.47 Å². The normalized spacial score (nSPS) is 16.4. The molecule has 0 radical (unpaired) electrons. The van der Waals surface area contributed by atoms with Gasteiger partial charge in [-0.25, -0.2) is 4.79 Å². The van der Waals surface area contributed by atoms with Crippen LogP contribution in [0.15, 0.2) is 30.3 Å². The molecule has 1 aromatic rings. The minimum Gasteiger partial charge on any atom is -0.450 e. The standard InChI is InChI=1S/C15H21NO3/c1-2-18-15(17)16-10-8-14(9-11-16)19-12-13-6-4-3-5-7-13/h3-7,14H,2,8-12H2,1H3. The number of ether oxygens (including phenoxy) is 2. The zero-order valence-electron chi connectivity index (χ0n) is 11.4. The number of rotatable bonds is 4. The van der Waals surface area contributed by atoms with Crippen LogP contribution in [0.5, 0.6) is 0 Å². The predicted molar refractivity (Wildman–Crippen MR) is 72.8 cm³/mol. The second-order valence-corrected chi connectivity index (χ2v) is 4.68. The molecule has 1 aliphatic heterocycles. The lowest BCUT2D eigenvalue weighted by Crippen LogP contribution is -2.41. The first-order valence-electron chi connectivity index (χ1n) is 6.87. The Bertz CT molecular complexity index is 386. The summed E-state index contributed by atoms with van der Waals surface area (Å²) in [7, 11) is 0. The molecular weight excluding hydrogens is 242 g/mol. The van der Waals surface area contributed by atoms with Crippen molar-refractivity contribution >= 4 is 6.09 Å². The molecule has 1 saturated heterocycles. The lowest BCUT2D eigenvalue weighted by atomic mass is 10.1. The van der Waals surface area contributed by atoms with Crippen LogP contribution in [0, 0.1) is 0 Å². The zero-order valence-corrected chi connectivity index (χ0v) is 11.4. The lowest BCUT2D eigenvalue weighted by Gasteiger charge is -2.31. The van der Waals surface area contributed by atoms with E-state index in [0.29, 0.717) is 13.2 Å². The van der Waals surface area contributed by atoms with Gasteiger partial charge in [-0.05, 0) is 25.3 Å². The van der Waals surface area contributed by atoms with Crippen molar-refractivity contribution in [3.8, 4) is 0 Å². The Hall–Kier alpha value is -1.55. The van der Waals surface area contributed by atoms with Crippen molar-refractivity contribution in [1.82, 2.24) is 4.90 Å². The second-order valence-electron chi connectivity index (χ2n) is 4.68. The summed E-state index contributed by atoms with van der Waals surface area (Å²) in [6, 6.07) is 10.2. The van der Waals surface area contributed by atoms with Crippen LogP contribution in [0.1, 0.15) is 25.3 Å². The van der Waals surface area contributed by atoms with Gasteiger partial charge < -0.3 is 14.4 Å². The van der Waals surface area contributed by atoms with Gasteiger partial charge in [-0.15, -0.1) is 0 Å². The Labute approximate surface area is 114 Å². The molecule has 0 atom stereocenters. The van der Waals surface area contributed by atoms with Crippen molar-refractivity contribution in [3.63, 3.8) is 0 Å². The van der Waals surface area contributed by atoms with Gasteiger partial charge in [0, 0.05) is 13.1 Å². The molecule has 4 heteroatoms. The third kappa shape index (κ3) is 4.24. The largest absolute Gasteiger partial charge is 0.450 e. The van der Waals surface area contributed by atoms with Gasteiger partial charge in [-0.3, -0.25) is 0 Å². The zero-order chi connectivity index (χ0) is 13.5. The highest BCUT2D eigenvalue weighted by molar-refractivity contribution is 5.67. The summed E-state index contributed by atoms with van der Waals surface area (Å²) >= 11 is 0. The maximum Gasteiger partial charge on any atom is 0.409 e. The third-order valence-corrected chi connectivity index (χ3v) is 3.30. The molecule has 1 aromatic carbocycles. The summed E-state index contributed by atoms with van der Waals surface area (Å²) in [6.07, 6.45) is 1.80. The molecule has 1 fully saturated rings. The number of benzene rings is 1. The maximum absolute atomic E-state index is 11.5. The second kappa shape index (κ2) is 7.14. The summed E-state index contributed by atoms with van der Waals surface area (Å²) in [4.78, 5) is 13.3. The fourth-order valence-electron chi connectivity index (χ4n) is 2.21. The molecule has 0 aromatic heterocycles. The molecule has 0 aliphatic carbocycles. The highest BCUT2D eigenvalue weighted by Gasteiger charge is 2.23. The van der Waals surface area contributed by atoms with Gasteiger partial charge in [0.2, 0.25) is 0 Å².